The van der Waals surface area contributed by atoms with Crippen molar-refractivity contribution in [1.29, 1.82) is 0 Å². The lowest BCUT2D eigenvalue weighted by Gasteiger charge is -2.25. The average molecular weight is 303 g/mol. The van der Waals surface area contributed by atoms with Crippen LogP contribution in [0.1, 0.15) is 54.3 Å². The van der Waals surface area contributed by atoms with E-state index in [2.05, 4.69) is 20.6 Å². The van der Waals surface area contributed by atoms with E-state index in [0.717, 1.165) is 23.5 Å². The molecular formula is C15H21N5O2. The van der Waals surface area contributed by atoms with E-state index in [9.17, 15) is 4.79 Å². The van der Waals surface area contributed by atoms with Gasteiger partial charge in [-0.05, 0) is 26.8 Å². The van der Waals surface area contributed by atoms with E-state index < -0.39 is 0 Å². The summed E-state index contributed by atoms with van der Waals surface area (Å²) in [7, 11) is 0. The molecule has 7 heteroatoms. The lowest BCUT2D eigenvalue weighted by atomic mass is 9.99. The van der Waals surface area contributed by atoms with Gasteiger partial charge in [0, 0.05) is 24.7 Å². The first-order chi connectivity index (χ1) is 10.6. The highest BCUT2D eigenvalue weighted by molar-refractivity contribution is 5.94. The van der Waals surface area contributed by atoms with Crippen LogP contribution in [-0.4, -0.2) is 32.0 Å². The molecule has 0 aromatic carbocycles. The molecule has 7 nitrogen and oxygen atoms in total. The molecule has 1 amide bonds. The summed E-state index contributed by atoms with van der Waals surface area (Å²) in [4.78, 5) is 12.4. The number of fused-ring (bicyclic) bond motifs is 1. The number of aromatic nitrogens is 4. The predicted octanol–water partition coefficient (Wildman–Crippen LogP) is 1.58. The number of aromatic amines is 1. The molecule has 0 unspecified atom stereocenters. The third-order valence-electron chi connectivity index (χ3n) is 3.98. The van der Waals surface area contributed by atoms with Crippen LogP contribution in [0, 0.1) is 0 Å². The summed E-state index contributed by atoms with van der Waals surface area (Å²) in [5.41, 5.74) is 3.32. The van der Waals surface area contributed by atoms with Crippen molar-refractivity contribution < 1.29 is 9.53 Å². The molecule has 118 valence electrons. The molecule has 0 fully saturated rings. The van der Waals surface area contributed by atoms with Crippen molar-refractivity contribution in [2.75, 3.05) is 0 Å². The summed E-state index contributed by atoms with van der Waals surface area (Å²) < 4.78 is 7.60. The Bertz CT molecular complexity index is 675. The Balaban J connectivity index is 1.74. The lowest BCUT2D eigenvalue weighted by Crippen LogP contribution is -2.28. The SMILES string of the molecule is CCn1nccc1CNC(=O)c1n[nH]c2c1C[C@H](C)O[C@@H]2C. The number of carbonyl (C=O) groups is 1. The van der Waals surface area contributed by atoms with Gasteiger partial charge in [-0.1, -0.05) is 0 Å². The second-order valence-electron chi connectivity index (χ2n) is 5.58. The Morgan fingerprint density at radius 1 is 1.55 bits per heavy atom. The van der Waals surface area contributed by atoms with Gasteiger partial charge in [0.05, 0.1) is 30.1 Å². The Kier molecular flexibility index (Phi) is 3.98. The molecular weight excluding hydrogens is 282 g/mol. The number of aryl methyl sites for hydroxylation is 1. The van der Waals surface area contributed by atoms with E-state index >= 15 is 0 Å². The van der Waals surface area contributed by atoms with E-state index in [-0.39, 0.29) is 18.1 Å². The van der Waals surface area contributed by atoms with Crippen LogP contribution < -0.4 is 5.32 Å². The molecule has 0 saturated carbocycles. The van der Waals surface area contributed by atoms with Crippen LogP contribution in [0.3, 0.4) is 0 Å². The molecule has 0 aliphatic carbocycles. The molecule has 1 aliphatic rings. The molecule has 22 heavy (non-hydrogen) atoms. The molecule has 1 aliphatic heterocycles. The van der Waals surface area contributed by atoms with Crippen molar-refractivity contribution in [3.63, 3.8) is 0 Å². The fraction of sp³-hybridized carbons (Fsp3) is 0.533. The summed E-state index contributed by atoms with van der Waals surface area (Å²) >= 11 is 0. The van der Waals surface area contributed by atoms with Crippen molar-refractivity contribution in [3.05, 3.63) is 34.9 Å². The standard InChI is InChI=1S/C15H21N5O2/c1-4-20-11(5-6-17-20)8-16-15(21)14-12-7-9(2)22-10(3)13(12)18-19-14/h5-6,9-10H,4,7-8H2,1-3H3,(H,16,21)(H,18,19)/t9-,10+/m0/s1. The number of nitrogens with one attached hydrogen (secondary N) is 2. The maximum absolute atomic E-state index is 12.4. The fourth-order valence-electron chi connectivity index (χ4n) is 2.91. The van der Waals surface area contributed by atoms with Gasteiger partial charge in [0.1, 0.15) is 0 Å². The number of rotatable bonds is 4. The molecule has 2 atom stereocenters. The zero-order valence-corrected chi connectivity index (χ0v) is 13.1. The Labute approximate surface area is 129 Å². The van der Waals surface area contributed by atoms with Crippen LogP contribution in [0.25, 0.3) is 0 Å². The number of carbonyl (C=O) groups excluding carboxylic acids is 1. The summed E-state index contributed by atoms with van der Waals surface area (Å²) in [6, 6.07) is 1.90. The van der Waals surface area contributed by atoms with Crippen molar-refractivity contribution in [2.24, 2.45) is 0 Å². The minimum absolute atomic E-state index is 0.0608. The first kappa shape index (κ1) is 14.8. The zero-order chi connectivity index (χ0) is 15.7. The van der Waals surface area contributed by atoms with Crippen LogP contribution in [0.2, 0.25) is 0 Å². The Morgan fingerprint density at radius 3 is 3.14 bits per heavy atom. The van der Waals surface area contributed by atoms with E-state index in [1.165, 1.54) is 0 Å². The number of amides is 1. The average Bonchev–Trinajstić information content (AvgIpc) is 3.10. The van der Waals surface area contributed by atoms with Gasteiger partial charge in [-0.2, -0.15) is 10.2 Å². The largest absolute Gasteiger partial charge is 0.369 e. The molecule has 3 heterocycles. The maximum Gasteiger partial charge on any atom is 0.272 e. The highest BCUT2D eigenvalue weighted by Crippen LogP contribution is 2.29. The molecule has 0 radical (unpaired) electrons. The number of nitrogens with zero attached hydrogens (tertiary/aromatic N) is 3. The fourth-order valence-corrected chi connectivity index (χ4v) is 2.91. The molecule has 2 aromatic heterocycles. The summed E-state index contributed by atoms with van der Waals surface area (Å²) in [5.74, 6) is -0.164. The number of ether oxygens (including phenoxy) is 1. The van der Waals surface area contributed by atoms with E-state index in [0.29, 0.717) is 18.7 Å². The van der Waals surface area contributed by atoms with Gasteiger partial charge in [-0.15, -0.1) is 0 Å². The quantitative estimate of drug-likeness (QED) is 0.898. The van der Waals surface area contributed by atoms with Crippen LogP contribution in [0.15, 0.2) is 12.3 Å². The van der Waals surface area contributed by atoms with Crippen molar-refractivity contribution in [2.45, 2.75) is 52.5 Å². The van der Waals surface area contributed by atoms with Gasteiger partial charge >= 0.3 is 0 Å². The smallest absolute Gasteiger partial charge is 0.272 e. The first-order valence-electron chi connectivity index (χ1n) is 7.61. The Hall–Kier alpha value is -2.15. The van der Waals surface area contributed by atoms with Crippen molar-refractivity contribution in [3.8, 4) is 0 Å². The second-order valence-corrected chi connectivity index (χ2v) is 5.58. The topological polar surface area (TPSA) is 84.8 Å². The van der Waals surface area contributed by atoms with Crippen LogP contribution in [-0.2, 0) is 24.2 Å². The van der Waals surface area contributed by atoms with Crippen LogP contribution in [0.5, 0.6) is 0 Å². The normalized spacial score (nSPS) is 20.7. The summed E-state index contributed by atoms with van der Waals surface area (Å²) in [6.45, 7) is 7.21. The monoisotopic (exact) mass is 303 g/mol. The zero-order valence-electron chi connectivity index (χ0n) is 13.1. The van der Waals surface area contributed by atoms with Gasteiger partial charge in [-0.25, -0.2) is 0 Å². The highest BCUT2D eigenvalue weighted by Gasteiger charge is 2.29. The molecule has 0 saturated heterocycles. The van der Waals surface area contributed by atoms with Crippen LogP contribution in [0.4, 0.5) is 0 Å². The van der Waals surface area contributed by atoms with E-state index in [1.54, 1.807) is 6.20 Å². The first-order valence-corrected chi connectivity index (χ1v) is 7.61. The second kappa shape index (κ2) is 5.92. The van der Waals surface area contributed by atoms with Gasteiger partial charge in [0.25, 0.3) is 5.91 Å². The van der Waals surface area contributed by atoms with E-state index in [4.69, 9.17) is 4.74 Å². The number of hydrogen-bond donors (Lipinski definition) is 2. The third kappa shape index (κ3) is 2.64. The molecule has 0 spiro atoms. The molecule has 2 N–H and O–H groups in total. The third-order valence-corrected chi connectivity index (χ3v) is 3.98. The van der Waals surface area contributed by atoms with Gasteiger partial charge in [0.2, 0.25) is 0 Å². The minimum Gasteiger partial charge on any atom is -0.369 e. The number of hydrogen-bond acceptors (Lipinski definition) is 4. The van der Waals surface area contributed by atoms with Gasteiger partial charge in [0.15, 0.2) is 5.69 Å². The molecule has 2 aromatic rings. The maximum atomic E-state index is 12.4. The van der Waals surface area contributed by atoms with Crippen LogP contribution >= 0.6 is 0 Å². The Morgan fingerprint density at radius 2 is 2.36 bits per heavy atom. The molecule has 3 rings (SSSR count). The van der Waals surface area contributed by atoms with Crippen molar-refractivity contribution in [1.82, 2.24) is 25.3 Å². The van der Waals surface area contributed by atoms with Gasteiger partial charge in [-0.3, -0.25) is 14.6 Å². The van der Waals surface area contributed by atoms with Crippen molar-refractivity contribution >= 4 is 5.91 Å². The van der Waals surface area contributed by atoms with Gasteiger partial charge < -0.3 is 10.1 Å². The summed E-state index contributed by atoms with van der Waals surface area (Å²) in [5, 5.41) is 14.2. The highest BCUT2D eigenvalue weighted by atomic mass is 16.5. The lowest BCUT2D eigenvalue weighted by molar-refractivity contribution is -0.00697. The van der Waals surface area contributed by atoms with E-state index in [1.807, 2.05) is 31.5 Å². The molecule has 0 bridgehead atoms. The number of H-pyrrole nitrogens is 1. The minimum atomic E-state index is -0.164. The predicted molar refractivity (Wildman–Crippen MR) is 80.3 cm³/mol. The summed E-state index contributed by atoms with van der Waals surface area (Å²) in [6.07, 6.45) is 2.47.